The summed E-state index contributed by atoms with van der Waals surface area (Å²) in [5.74, 6) is -2.78. The molecular formula is C14H21F2NO. The summed E-state index contributed by atoms with van der Waals surface area (Å²) in [7, 11) is 1.40. The lowest BCUT2D eigenvalue weighted by molar-refractivity contribution is -0.0314. The van der Waals surface area contributed by atoms with E-state index >= 15 is 0 Å². The molecule has 1 rings (SSSR count). The molecule has 0 spiro atoms. The quantitative estimate of drug-likeness (QED) is 0.876. The Labute approximate surface area is 107 Å². The van der Waals surface area contributed by atoms with Crippen molar-refractivity contribution in [2.45, 2.75) is 45.1 Å². The summed E-state index contributed by atoms with van der Waals surface area (Å²) in [4.78, 5) is 0. The fraction of sp³-hybridized carbons (Fsp3) is 0.571. The zero-order valence-electron chi connectivity index (χ0n) is 11.4. The highest BCUT2D eigenvalue weighted by Crippen LogP contribution is 2.40. The Balaban J connectivity index is 3.20. The van der Waals surface area contributed by atoms with Gasteiger partial charge in [-0.1, -0.05) is 13.0 Å². The number of aryl methyl sites for hydroxylation is 1. The van der Waals surface area contributed by atoms with Gasteiger partial charge in [-0.2, -0.15) is 0 Å². The number of benzene rings is 1. The van der Waals surface area contributed by atoms with E-state index in [0.29, 0.717) is 6.42 Å². The highest BCUT2D eigenvalue weighted by molar-refractivity contribution is 5.40. The molecule has 0 heterocycles. The molecular weight excluding hydrogens is 236 g/mol. The van der Waals surface area contributed by atoms with E-state index in [1.165, 1.54) is 13.2 Å². The lowest BCUT2D eigenvalue weighted by atomic mass is 9.91. The number of alkyl halides is 2. The molecule has 1 aromatic carbocycles. The van der Waals surface area contributed by atoms with Crippen LogP contribution < -0.4 is 10.5 Å². The van der Waals surface area contributed by atoms with Crippen LogP contribution in [0.1, 0.15) is 38.3 Å². The SMILES string of the molecule is CCc1ccc(OC)c(C(F)(F)CC(C)(C)N)c1. The van der Waals surface area contributed by atoms with Crippen molar-refractivity contribution in [1.82, 2.24) is 0 Å². The van der Waals surface area contributed by atoms with Gasteiger partial charge in [-0.15, -0.1) is 0 Å². The third kappa shape index (κ3) is 3.67. The maximum absolute atomic E-state index is 14.3. The molecule has 4 heteroatoms. The molecule has 102 valence electrons. The van der Waals surface area contributed by atoms with Crippen LogP contribution in [0.2, 0.25) is 0 Å². The molecule has 2 nitrogen and oxygen atoms in total. The molecule has 0 aliphatic heterocycles. The Morgan fingerprint density at radius 2 is 1.89 bits per heavy atom. The van der Waals surface area contributed by atoms with Gasteiger partial charge in [-0.25, -0.2) is 8.78 Å². The van der Waals surface area contributed by atoms with Gasteiger partial charge in [0, 0.05) is 12.0 Å². The van der Waals surface area contributed by atoms with Crippen molar-refractivity contribution in [2.24, 2.45) is 5.73 Å². The number of hydrogen-bond donors (Lipinski definition) is 1. The van der Waals surface area contributed by atoms with Gasteiger partial charge >= 0.3 is 0 Å². The summed E-state index contributed by atoms with van der Waals surface area (Å²) in [6, 6.07) is 4.89. The van der Waals surface area contributed by atoms with E-state index in [0.717, 1.165) is 5.56 Å². The average Bonchev–Trinajstić information content (AvgIpc) is 2.25. The number of hydrogen-bond acceptors (Lipinski definition) is 2. The fourth-order valence-corrected chi connectivity index (χ4v) is 1.93. The molecule has 0 bridgehead atoms. The molecule has 0 radical (unpaired) electrons. The highest BCUT2D eigenvalue weighted by atomic mass is 19.3. The van der Waals surface area contributed by atoms with Gasteiger partial charge in [0.05, 0.1) is 12.7 Å². The first-order valence-electron chi connectivity index (χ1n) is 6.03. The van der Waals surface area contributed by atoms with Gasteiger partial charge in [0.25, 0.3) is 5.92 Å². The molecule has 0 fully saturated rings. The molecule has 2 N–H and O–H groups in total. The second kappa shape index (κ2) is 5.22. The first-order chi connectivity index (χ1) is 8.19. The molecule has 0 unspecified atom stereocenters. The monoisotopic (exact) mass is 257 g/mol. The van der Waals surface area contributed by atoms with E-state index in [-0.39, 0.29) is 11.3 Å². The first-order valence-corrected chi connectivity index (χ1v) is 6.03. The Morgan fingerprint density at radius 3 is 2.33 bits per heavy atom. The minimum Gasteiger partial charge on any atom is -0.496 e. The van der Waals surface area contributed by atoms with Crippen molar-refractivity contribution in [3.63, 3.8) is 0 Å². The van der Waals surface area contributed by atoms with Crippen molar-refractivity contribution < 1.29 is 13.5 Å². The van der Waals surface area contributed by atoms with Gasteiger partial charge in [0.2, 0.25) is 0 Å². The van der Waals surface area contributed by atoms with Gasteiger partial charge in [-0.05, 0) is 38.0 Å². The minimum absolute atomic E-state index is 0.0807. The number of ether oxygens (including phenoxy) is 1. The van der Waals surface area contributed by atoms with E-state index in [9.17, 15) is 8.78 Å². The molecule has 18 heavy (non-hydrogen) atoms. The molecule has 0 aromatic heterocycles. The molecule has 0 aliphatic carbocycles. The van der Waals surface area contributed by atoms with E-state index < -0.39 is 17.9 Å². The molecule has 1 aromatic rings. The van der Waals surface area contributed by atoms with Crippen LogP contribution in [0.25, 0.3) is 0 Å². The molecule has 0 aliphatic rings. The number of nitrogens with two attached hydrogens (primary N) is 1. The van der Waals surface area contributed by atoms with Gasteiger partial charge in [0.15, 0.2) is 0 Å². The second-order valence-electron chi connectivity index (χ2n) is 5.26. The van der Waals surface area contributed by atoms with Crippen LogP contribution >= 0.6 is 0 Å². The largest absolute Gasteiger partial charge is 0.496 e. The zero-order chi connectivity index (χ0) is 14.0. The normalized spacial score (nSPS) is 12.6. The van der Waals surface area contributed by atoms with E-state index in [1.807, 2.05) is 6.92 Å². The number of methoxy groups -OCH3 is 1. The Bertz CT molecular complexity index is 411. The summed E-state index contributed by atoms with van der Waals surface area (Å²) in [5, 5.41) is 0. The lowest BCUT2D eigenvalue weighted by Gasteiger charge is -2.27. The highest BCUT2D eigenvalue weighted by Gasteiger charge is 2.39. The van der Waals surface area contributed by atoms with Crippen molar-refractivity contribution >= 4 is 0 Å². The average molecular weight is 257 g/mol. The summed E-state index contributed by atoms with van der Waals surface area (Å²) in [5.41, 5.74) is 5.55. The Morgan fingerprint density at radius 1 is 1.28 bits per heavy atom. The molecule has 0 amide bonds. The predicted molar refractivity (Wildman–Crippen MR) is 69.1 cm³/mol. The minimum atomic E-state index is -2.99. The van der Waals surface area contributed by atoms with E-state index in [4.69, 9.17) is 10.5 Å². The first kappa shape index (κ1) is 14.9. The van der Waals surface area contributed by atoms with Crippen molar-refractivity contribution in [3.8, 4) is 5.75 Å². The predicted octanol–water partition coefficient (Wildman–Crippen LogP) is 3.48. The summed E-state index contributed by atoms with van der Waals surface area (Å²) >= 11 is 0. The molecule has 0 saturated heterocycles. The van der Waals surface area contributed by atoms with E-state index in [1.54, 1.807) is 26.0 Å². The fourth-order valence-electron chi connectivity index (χ4n) is 1.93. The van der Waals surface area contributed by atoms with Gasteiger partial charge in [0.1, 0.15) is 5.75 Å². The number of rotatable bonds is 5. The van der Waals surface area contributed by atoms with Crippen molar-refractivity contribution in [1.29, 1.82) is 0 Å². The van der Waals surface area contributed by atoms with Crippen molar-refractivity contribution in [2.75, 3.05) is 7.11 Å². The summed E-state index contributed by atoms with van der Waals surface area (Å²) in [6.45, 7) is 5.12. The van der Waals surface area contributed by atoms with Gasteiger partial charge in [-0.3, -0.25) is 0 Å². The molecule has 0 atom stereocenters. The van der Waals surface area contributed by atoms with E-state index in [2.05, 4.69) is 0 Å². The van der Waals surface area contributed by atoms with Crippen LogP contribution in [0.15, 0.2) is 18.2 Å². The Hall–Kier alpha value is -1.16. The summed E-state index contributed by atoms with van der Waals surface area (Å²) in [6.07, 6.45) is 0.294. The Kier molecular flexibility index (Phi) is 4.32. The standard InChI is InChI=1S/C14H21F2NO/c1-5-10-6-7-12(18-4)11(8-10)14(15,16)9-13(2,3)17/h6-8H,5,9,17H2,1-4H3. The third-order valence-corrected chi connectivity index (χ3v) is 2.74. The van der Waals surface area contributed by atoms with Crippen LogP contribution in [0.5, 0.6) is 5.75 Å². The van der Waals surface area contributed by atoms with Crippen LogP contribution in [0.4, 0.5) is 8.78 Å². The molecule has 0 saturated carbocycles. The zero-order valence-corrected chi connectivity index (χ0v) is 11.4. The maximum Gasteiger partial charge on any atom is 0.278 e. The van der Waals surface area contributed by atoms with Crippen LogP contribution in [0.3, 0.4) is 0 Å². The van der Waals surface area contributed by atoms with Crippen LogP contribution in [-0.2, 0) is 12.3 Å². The smallest absolute Gasteiger partial charge is 0.278 e. The maximum atomic E-state index is 14.3. The van der Waals surface area contributed by atoms with Crippen LogP contribution in [0, 0.1) is 0 Å². The number of halogens is 2. The lowest BCUT2D eigenvalue weighted by Crippen LogP contribution is -2.38. The van der Waals surface area contributed by atoms with Crippen LogP contribution in [-0.4, -0.2) is 12.6 Å². The van der Waals surface area contributed by atoms with Crippen molar-refractivity contribution in [3.05, 3.63) is 29.3 Å². The second-order valence-corrected chi connectivity index (χ2v) is 5.26. The van der Waals surface area contributed by atoms with Gasteiger partial charge < -0.3 is 10.5 Å². The third-order valence-electron chi connectivity index (χ3n) is 2.74. The summed E-state index contributed by atoms with van der Waals surface area (Å²) < 4.78 is 33.5. The topological polar surface area (TPSA) is 35.2 Å².